The second-order valence-electron chi connectivity index (χ2n) is 8.59. The highest BCUT2D eigenvalue weighted by Gasteiger charge is 2.55. The Labute approximate surface area is 140 Å². The van der Waals surface area contributed by atoms with Gasteiger partial charge in [-0.1, -0.05) is 51.1 Å². The summed E-state index contributed by atoms with van der Waals surface area (Å²) in [5, 5.41) is 0. The van der Waals surface area contributed by atoms with Crippen molar-refractivity contribution in [2.75, 3.05) is 0 Å². The molecule has 1 fully saturated rings. The van der Waals surface area contributed by atoms with Crippen LogP contribution in [0.4, 0.5) is 0 Å². The highest BCUT2D eigenvalue weighted by molar-refractivity contribution is 6.48. The van der Waals surface area contributed by atoms with Crippen molar-refractivity contribution >= 4 is 12.9 Å². The largest absolute Gasteiger partial charge is 0.462 e. The molecule has 2 rings (SSSR count). The van der Waals surface area contributed by atoms with Gasteiger partial charge in [0.15, 0.2) is 5.78 Å². The molecule has 0 bridgehead atoms. The summed E-state index contributed by atoms with van der Waals surface area (Å²) in [7, 11) is -0.368. The lowest BCUT2D eigenvalue weighted by Gasteiger charge is -2.32. The van der Waals surface area contributed by atoms with Gasteiger partial charge in [-0.2, -0.15) is 0 Å². The van der Waals surface area contributed by atoms with Crippen molar-refractivity contribution in [3.63, 3.8) is 0 Å². The minimum Gasteiger partial charge on any atom is -0.403 e. The van der Waals surface area contributed by atoms with Gasteiger partial charge in [-0.05, 0) is 33.1 Å². The lowest BCUT2D eigenvalue weighted by atomic mass is 9.57. The van der Waals surface area contributed by atoms with E-state index >= 15 is 0 Å². The zero-order valence-corrected chi connectivity index (χ0v) is 15.5. The first-order valence-corrected chi connectivity index (χ1v) is 8.38. The molecule has 0 N–H and O–H groups in total. The van der Waals surface area contributed by atoms with Crippen molar-refractivity contribution in [3.8, 4) is 0 Å². The summed E-state index contributed by atoms with van der Waals surface area (Å²) >= 11 is 0. The minimum absolute atomic E-state index is 0.00347. The van der Waals surface area contributed by atoms with Gasteiger partial charge in [0.05, 0.1) is 11.2 Å². The predicted octanol–water partition coefficient (Wildman–Crippen LogP) is 4.77. The van der Waals surface area contributed by atoms with Crippen LogP contribution in [0, 0.1) is 5.41 Å². The number of rotatable bonds is 4. The first-order chi connectivity index (χ1) is 10.4. The highest BCUT2D eigenvalue weighted by Crippen LogP contribution is 2.46. The monoisotopic (exact) mass is 316 g/mol. The van der Waals surface area contributed by atoms with E-state index in [0.29, 0.717) is 6.42 Å². The zero-order chi connectivity index (χ0) is 17.5. The minimum atomic E-state index is -0.378. The molecule has 1 aromatic carbocycles. The van der Waals surface area contributed by atoms with Crippen LogP contribution in [0.3, 0.4) is 0 Å². The molecule has 126 valence electrons. The molecule has 1 saturated heterocycles. The highest BCUT2D eigenvalue weighted by atomic mass is 16.7. The molecule has 0 saturated carbocycles. The second-order valence-corrected chi connectivity index (χ2v) is 8.59. The van der Waals surface area contributed by atoms with Crippen LogP contribution in [0.2, 0.25) is 5.82 Å². The zero-order valence-electron chi connectivity index (χ0n) is 15.5. The Kier molecular flexibility index (Phi) is 4.80. The van der Waals surface area contributed by atoms with Crippen LogP contribution in [0.25, 0.3) is 0 Å². The van der Waals surface area contributed by atoms with Gasteiger partial charge in [0.25, 0.3) is 0 Å². The molecule has 3 nitrogen and oxygen atoms in total. The Morgan fingerprint density at radius 1 is 1.04 bits per heavy atom. The molecule has 0 aliphatic carbocycles. The topological polar surface area (TPSA) is 35.5 Å². The molecule has 1 aliphatic heterocycles. The van der Waals surface area contributed by atoms with Gasteiger partial charge in [-0.15, -0.1) is 0 Å². The van der Waals surface area contributed by atoms with Crippen LogP contribution in [-0.4, -0.2) is 24.1 Å². The third-order valence-electron chi connectivity index (χ3n) is 5.21. The molecule has 1 aliphatic rings. The standard InChI is InChI=1S/C19H29BO3/c1-17(2,3)16(13-15(21)14-11-9-8-10-12-14)20-22-18(4,5)19(6,7)23-20/h8-12,16H,13H2,1-7H3/t16-/m1/s1. The van der Waals surface area contributed by atoms with Gasteiger partial charge in [-0.3, -0.25) is 4.79 Å². The van der Waals surface area contributed by atoms with Crippen molar-refractivity contribution in [3.05, 3.63) is 35.9 Å². The molecular formula is C19H29BO3. The maximum atomic E-state index is 12.7. The number of hydrogen-bond acceptors (Lipinski definition) is 3. The normalized spacial score (nSPS) is 21.3. The van der Waals surface area contributed by atoms with Crippen LogP contribution in [0.15, 0.2) is 30.3 Å². The molecule has 0 amide bonds. The Bertz CT molecular complexity index is 542. The smallest absolute Gasteiger partial charge is 0.403 e. The first kappa shape index (κ1) is 18.2. The van der Waals surface area contributed by atoms with E-state index in [1.165, 1.54) is 0 Å². The van der Waals surface area contributed by atoms with Gasteiger partial charge in [0, 0.05) is 17.8 Å². The van der Waals surface area contributed by atoms with E-state index in [-0.39, 0.29) is 35.3 Å². The summed E-state index contributed by atoms with van der Waals surface area (Å²) in [6.45, 7) is 14.6. The molecule has 1 atom stereocenters. The Morgan fingerprint density at radius 2 is 1.52 bits per heavy atom. The Balaban J connectivity index is 2.22. The average molecular weight is 316 g/mol. The molecule has 23 heavy (non-hydrogen) atoms. The molecule has 0 spiro atoms. The van der Waals surface area contributed by atoms with Crippen LogP contribution in [-0.2, 0) is 9.31 Å². The summed E-state index contributed by atoms with van der Waals surface area (Å²) in [5.41, 5.74) is -0.0993. The van der Waals surface area contributed by atoms with Gasteiger partial charge in [0.2, 0.25) is 0 Å². The number of hydrogen-bond donors (Lipinski definition) is 0. The molecule has 1 heterocycles. The van der Waals surface area contributed by atoms with Gasteiger partial charge in [-0.25, -0.2) is 0 Å². The van der Waals surface area contributed by atoms with Crippen molar-refractivity contribution in [1.82, 2.24) is 0 Å². The SMILES string of the molecule is CC(C)(C)[C@@H](CC(=O)c1ccccc1)B1OC(C)(C)C(C)(C)O1. The number of carbonyl (C=O) groups is 1. The fourth-order valence-electron chi connectivity index (χ4n) is 2.81. The molecule has 0 unspecified atom stereocenters. The summed E-state index contributed by atoms with van der Waals surface area (Å²) in [6.07, 6.45) is 0.421. The van der Waals surface area contributed by atoms with Crippen LogP contribution < -0.4 is 0 Å². The fraction of sp³-hybridized carbons (Fsp3) is 0.632. The molecular weight excluding hydrogens is 287 g/mol. The van der Waals surface area contributed by atoms with Gasteiger partial charge in [0.1, 0.15) is 0 Å². The first-order valence-electron chi connectivity index (χ1n) is 8.38. The fourth-order valence-corrected chi connectivity index (χ4v) is 2.81. The predicted molar refractivity (Wildman–Crippen MR) is 94.7 cm³/mol. The average Bonchev–Trinajstić information content (AvgIpc) is 2.63. The summed E-state index contributed by atoms with van der Waals surface area (Å²) < 4.78 is 12.4. The lowest BCUT2D eigenvalue weighted by Crippen LogP contribution is -2.41. The van der Waals surface area contributed by atoms with Crippen molar-refractivity contribution in [2.24, 2.45) is 5.41 Å². The number of ketones is 1. The Morgan fingerprint density at radius 3 is 1.96 bits per heavy atom. The molecule has 4 heteroatoms. The van der Waals surface area contributed by atoms with Crippen LogP contribution in [0.1, 0.15) is 65.2 Å². The van der Waals surface area contributed by atoms with E-state index in [1.807, 2.05) is 58.0 Å². The number of carbonyl (C=O) groups excluding carboxylic acids is 1. The molecule has 0 aromatic heterocycles. The van der Waals surface area contributed by atoms with E-state index in [9.17, 15) is 4.79 Å². The Hall–Kier alpha value is -1.13. The van der Waals surface area contributed by atoms with E-state index in [1.54, 1.807) is 0 Å². The van der Waals surface area contributed by atoms with E-state index in [2.05, 4.69) is 20.8 Å². The van der Waals surface area contributed by atoms with Crippen molar-refractivity contribution in [1.29, 1.82) is 0 Å². The molecule has 1 aromatic rings. The maximum absolute atomic E-state index is 12.7. The van der Waals surface area contributed by atoms with E-state index in [4.69, 9.17) is 9.31 Å². The summed E-state index contributed by atoms with van der Waals surface area (Å²) in [4.78, 5) is 12.7. The van der Waals surface area contributed by atoms with Crippen LogP contribution in [0.5, 0.6) is 0 Å². The summed E-state index contributed by atoms with van der Waals surface area (Å²) in [6, 6.07) is 9.45. The van der Waals surface area contributed by atoms with Crippen molar-refractivity contribution < 1.29 is 14.1 Å². The number of benzene rings is 1. The van der Waals surface area contributed by atoms with Crippen molar-refractivity contribution in [2.45, 2.75) is 71.9 Å². The summed E-state index contributed by atoms with van der Waals surface area (Å²) in [5.74, 6) is 0.136. The van der Waals surface area contributed by atoms with E-state index in [0.717, 1.165) is 5.56 Å². The van der Waals surface area contributed by atoms with E-state index < -0.39 is 0 Å². The van der Waals surface area contributed by atoms with Crippen LogP contribution >= 0.6 is 0 Å². The van der Waals surface area contributed by atoms with Gasteiger partial charge < -0.3 is 9.31 Å². The third-order valence-corrected chi connectivity index (χ3v) is 5.21. The maximum Gasteiger partial charge on any atom is 0.462 e. The second kappa shape index (κ2) is 6.06. The quantitative estimate of drug-likeness (QED) is 0.593. The molecule has 0 radical (unpaired) electrons. The van der Waals surface area contributed by atoms with Gasteiger partial charge >= 0.3 is 7.12 Å². The number of Topliss-reactive ketones (excluding diaryl/α,β-unsaturated/α-hetero) is 1. The third kappa shape index (κ3) is 3.86. The lowest BCUT2D eigenvalue weighted by molar-refractivity contribution is 0.00578.